The zero-order chi connectivity index (χ0) is 15.1. The Balaban J connectivity index is 2.62. The van der Waals surface area contributed by atoms with E-state index in [0.29, 0.717) is 38.3 Å². The van der Waals surface area contributed by atoms with E-state index in [2.05, 4.69) is 0 Å². The van der Waals surface area contributed by atoms with Crippen molar-refractivity contribution in [3.8, 4) is 0 Å². The Bertz CT molecular complexity index is 447. The second-order valence-electron chi connectivity index (χ2n) is 4.87. The van der Waals surface area contributed by atoms with Gasteiger partial charge in [-0.15, -0.1) is 0 Å². The minimum absolute atomic E-state index is 0.0662. The van der Waals surface area contributed by atoms with Crippen molar-refractivity contribution in [2.24, 2.45) is 5.73 Å². The number of benzene rings is 1. The van der Waals surface area contributed by atoms with Gasteiger partial charge in [-0.3, -0.25) is 9.69 Å². The number of likely N-dealkylation sites (N-methyl/N-ethyl adjacent to an activating group) is 2. The van der Waals surface area contributed by atoms with E-state index in [1.54, 1.807) is 11.0 Å². The molecule has 112 valence electrons. The van der Waals surface area contributed by atoms with Gasteiger partial charge >= 0.3 is 0 Å². The molecule has 1 rings (SSSR count). The lowest BCUT2D eigenvalue weighted by Gasteiger charge is -2.23. The van der Waals surface area contributed by atoms with E-state index in [1.807, 2.05) is 31.9 Å². The van der Waals surface area contributed by atoms with Crippen molar-refractivity contribution in [3.63, 3.8) is 0 Å². The van der Waals surface area contributed by atoms with Crippen LogP contribution in [0, 0.1) is 5.82 Å². The zero-order valence-electron chi connectivity index (χ0n) is 12.5. The molecule has 1 amide bonds. The molecule has 0 aliphatic carbocycles. The molecule has 0 fully saturated rings. The molecule has 2 N–H and O–H groups in total. The second kappa shape index (κ2) is 7.97. The number of hydrogen-bond acceptors (Lipinski definition) is 3. The van der Waals surface area contributed by atoms with Gasteiger partial charge in [0, 0.05) is 31.7 Å². The third-order valence-corrected chi connectivity index (χ3v) is 3.31. The summed E-state index contributed by atoms with van der Waals surface area (Å²) < 4.78 is 13.8. The number of nitrogens with two attached hydrogens (primary N) is 1. The summed E-state index contributed by atoms with van der Waals surface area (Å²) in [5.41, 5.74) is 6.82. The number of amides is 1. The van der Waals surface area contributed by atoms with Gasteiger partial charge in [-0.1, -0.05) is 12.1 Å². The molecule has 0 spiro atoms. The summed E-state index contributed by atoms with van der Waals surface area (Å²) in [6.07, 6.45) is 0. The van der Waals surface area contributed by atoms with Crippen molar-refractivity contribution < 1.29 is 9.18 Å². The van der Waals surface area contributed by atoms with Crippen LogP contribution in [0.2, 0.25) is 0 Å². The first-order valence-electron chi connectivity index (χ1n) is 6.95. The molecule has 0 aliphatic rings. The highest BCUT2D eigenvalue weighted by Crippen LogP contribution is 2.12. The molecular weight excluding hydrogens is 257 g/mol. The first-order chi connectivity index (χ1) is 9.51. The fourth-order valence-electron chi connectivity index (χ4n) is 2.10. The van der Waals surface area contributed by atoms with Gasteiger partial charge in [0.25, 0.3) is 0 Å². The molecular formula is C15H24FN3O. The summed E-state index contributed by atoms with van der Waals surface area (Å²) >= 11 is 0. The van der Waals surface area contributed by atoms with E-state index >= 15 is 0 Å². The van der Waals surface area contributed by atoms with Crippen LogP contribution in [-0.4, -0.2) is 42.4 Å². The molecule has 0 unspecified atom stereocenters. The highest BCUT2D eigenvalue weighted by atomic mass is 19.1. The van der Waals surface area contributed by atoms with Crippen LogP contribution in [0.1, 0.15) is 25.0 Å². The smallest absolute Gasteiger partial charge is 0.236 e. The summed E-state index contributed by atoms with van der Waals surface area (Å²) in [6.45, 7) is 6.32. The van der Waals surface area contributed by atoms with Crippen LogP contribution in [0.15, 0.2) is 18.2 Å². The maximum Gasteiger partial charge on any atom is 0.236 e. The molecule has 0 atom stereocenters. The lowest BCUT2D eigenvalue weighted by molar-refractivity contribution is -0.131. The van der Waals surface area contributed by atoms with Crippen LogP contribution in [0.3, 0.4) is 0 Å². The summed E-state index contributed by atoms with van der Waals surface area (Å²) in [6, 6.07) is 5.00. The quantitative estimate of drug-likeness (QED) is 0.825. The monoisotopic (exact) mass is 281 g/mol. The van der Waals surface area contributed by atoms with Crippen LogP contribution >= 0.6 is 0 Å². The van der Waals surface area contributed by atoms with Gasteiger partial charge in [-0.2, -0.15) is 0 Å². The number of nitrogens with zero attached hydrogens (tertiary/aromatic N) is 2. The molecule has 0 aliphatic heterocycles. The predicted molar refractivity (Wildman–Crippen MR) is 78.6 cm³/mol. The highest BCUT2D eigenvalue weighted by molar-refractivity contribution is 5.78. The Hall–Kier alpha value is -1.46. The number of hydrogen-bond donors (Lipinski definition) is 1. The predicted octanol–water partition coefficient (Wildman–Crippen LogP) is 1.58. The number of carbonyl (C=O) groups excluding carboxylic acids is 1. The molecule has 0 heterocycles. The lowest BCUT2D eigenvalue weighted by atomic mass is 10.1. The van der Waals surface area contributed by atoms with Crippen molar-refractivity contribution in [1.29, 1.82) is 0 Å². The van der Waals surface area contributed by atoms with Crippen molar-refractivity contribution >= 4 is 5.91 Å². The van der Waals surface area contributed by atoms with E-state index in [-0.39, 0.29) is 11.7 Å². The van der Waals surface area contributed by atoms with Crippen LogP contribution in [0.4, 0.5) is 4.39 Å². The van der Waals surface area contributed by atoms with Gasteiger partial charge < -0.3 is 10.6 Å². The van der Waals surface area contributed by atoms with Gasteiger partial charge in [0.1, 0.15) is 5.82 Å². The molecule has 20 heavy (non-hydrogen) atoms. The van der Waals surface area contributed by atoms with E-state index in [4.69, 9.17) is 5.73 Å². The highest BCUT2D eigenvalue weighted by Gasteiger charge is 2.13. The fourth-order valence-corrected chi connectivity index (χ4v) is 2.10. The SMILES string of the molecule is CCN(CC)C(=O)CN(C)Cc1ccc(CN)cc1F. The average Bonchev–Trinajstić information content (AvgIpc) is 2.42. The van der Waals surface area contributed by atoms with Crippen LogP contribution in [0.5, 0.6) is 0 Å². The maximum atomic E-state index is 13.8. The number of carbonyl (C=O) groups is 1. The summed E-state index contributed by atoms with van der Waals surface area (Å²) in [5.74, 6) is -0.202. The molecule has 0 saturated heterocycles. The molecule has 1 aromatic rings. The van der Waals surface area contributed by atoms with Gasteiger partial charge in [-0.05, 0) is 32.5 Å². The molecule has 5 heteroatoms. The molecule has 0 radical (unpaired) electrons. The standard InChI is InChI=1S/C15H24FN3O/c1-4-19(5-2)15(20)11-18(3)10-13-7-6-12(9-17)8-14(13)16/h6-8H,4-5,9-11,17H2,1-3H3. The number of halogens is 1. The molecule has 0 saturated carbocycles. The summed E-state index contributed by atoms with van der Waals surface area (Å²) in [7, 11) is 1.82. The molecule has 1 aromatic carbocycles. The molecule has 0 aromatic heterocycles. The topological polar surface area (TPSA) is 49.6 Å². The first kappa shape index (κ1) is 16.6. The summed E-state index contributed by atoms with van der Waals surface area (Å²) in [5, 5.41) is 0. The Morgan fingerprint density at radius 3 is 2.45 bits per heavy atom. The largest absolute Gasteiger partial charge is 0.342 e. The van der Waals surface area contributed by atoms with Crippen LogP contribution in [0.25, 0.3) is 0 Å². The van der Waals surface area contributed by atoms with Crippen molar-refractivity contribution in [1.82, 2.24) is 9.80 Å². The summed E-state index contributed by atoms with van der Waals surface area (Å²) in [4.78, 5) is 15.6. The minimum Gasteiger partial charge on any atom is -0.342 e. The minimum atomic E-state index is -0.268. The van der Waals surface area contributed by atoms with Crippen LogP contribution < -0.4 is 5.73 Å². The third kappa shape index (κ3) is 4.58. The fraction of sp³-hybridized carbons (Fsp3) is 0.533. The van der Waals surface area contributed by atoms with Gasteiger partial charge in [0.15, 0.2) is 0 Å². The van der Waals surface area contributed by atoms with Crippen molar-refractivity contribution in [2.75, 3.05) is 26.7 Å². The van der Waals surface area contributed by atoms with E-state index in [1.165, 1.54) is 6.07 Å². The second-order valence-corrected chi connectivity index (χ2v) is 4.87. The van der Waals surface area contributed by atoms with Crippen LogP contribution in [-0.2, 0) is 17.9 Å². The van der Waals surface area contributed by atoms with E-state index < -0.39 is 0 Å². The zero-order valence-corrected chi connectivity index (χ0v) is 12.5. The molecule has 4 nitrogen and oxygen atoms in total. The van der Waals surface area contributed by atoms with Gasteiger partial charge in [0.05, 0.1) is 6.54 Å². The Morgan fingerprint density at radius 1 is 1.30 bits per heavy atom. The van der Waals surface area contributed by atoms with E-state index in [9.17, 15) is 9.18 Å². The van der Waals surface area contributed by atoms with Gasteiger partial charge in [0.2, 0.25) is 5.91 Å². The number of rotatable bonds is 7. The first-order valence-corrected chi connectivity index (χ1v) is 6.95. The maximum absolute atomic E-state index is 13.8. The van der Waals surface area contributed by atoms with Gasteiger partial charge in [-0.25, -0.2) is 4.39 Å². The van der Waals surface area contributed by atoms with Crippen molar-refractivity contribution in [2.45, 2.75) is 26.9 Å². The Kier molecular flexibility index (Phi) is 6.61. The van der Waals surface area contributed by atoms with Crippen molar-refractivity contribution in [3.05, 3.63) is 35.1 Å². The van der Waals surface area contributed by atoms with E-state index in [0.717, 1.165) is 5.56 Å². The third-order valence-electron chi connectivity index (χ3n) is 3.31. The Morgan fingerprint density at radius 2 is 1.95 bits per heavy atom. The lowest BCUT2D eigenvalue weighted by Crippen LogP contribution is -2.38. The normalized spacial score (nSPS) is 10.9. The Labute approximate surface area is 120 Å². The molecule has 0 bridgehead atoms. The average molecular weight is 281 g/mol.